The average Bonchev–Trinajstić information content (AvgIpc) is 2.59. The summed E-state index contributed by atoms with van der Waals surface area (Å²) in [6.07, 6.45) is 0. The number of amides is 1. The summed E-state index contributed by atoms with van der Waals surface area (Å²) < 4.78 is 5.05. The molecule has 1 N–H and O–H groups in total. The van der Waals surface area contributed by atoms with E-state index in [0.29, 0.717) is 6.54 Å². The maximum Gasteiger partial charge on any atom is 0.319 e. The van der Waals surface area contributed by atoms with Gasteiger partial charge in [0.1, 0.15) is 5.25 Å². The third-order valence-electron chi connectivity index (χ3n) is 3.07. The van der Waals surface area contributed by atoms with Crippen molar-refractivity contribution in [3.63, 3.8) is 0 Å². The van der Waals surface area contributed by atoms with Crippen molar-refractivity contribution in [3.8, 4) is 0 Å². The molecule has 0 heterocycles. The molecule has 0 aliphatic rings. The van der Waals surface area contributed by atoms with E-state index in [4.69, 9.17) is 4.74 Å². The lowest BCUT2D eigenvalue weighted by atomic mass is 10.2. The van der Waals surface area contributed by atoms with Crippen LogP contribution in [0.3, 0.4) is 0 Å². The molecule has 4 nitrogen and oxygen atoms in total. The van der Waals surface area contributed by atoms with Crippen LogP contribution in [0.15, 0.2) is 65.6 Å². The van der Waals surface area contributed by atoms with Crippen LogP contribution in [0.2, 0.25) is 0 Å². The quantitative estimate of drug-likeness (QED) is 0.627. The number of hydrogen-bond acceptors (Lipinski definition) is 4. The summed E-state index contributed by atoms with van der Waals surface area (Å²) in [6.45, 7) is 1.93. The van der Waals surface area contributed by atoms with Gasteiger partial charge >= 0.3 is 5.97 Å². The van der Waals surface area contributed by atoms with Crippen molar-refractivity contribution in [2.45, 2.75) is 23.6 Å². The first-order chi connectivity index (χ1) is 11.1. The molecule has 0 fully saturated rings. The molecule has 120 valence electrons. The molecule has 0 saturated heterocycles. The van der Waals surface area contributed by atoms with Crippen molar-refractivity contribution in [2.75, 3.05) is 6.61 Å². The molecular weight excluding hydrogens is 310 g/mol. The monoisotopic (exact) mass is 329 g/mol. The van der Waals surface area contributed by atoms with Crippen LogP contribution < -0.4 is 5.32 Å². The standard InChI is InChI=1S/C18H19NO3S/c1-14(23-16-10-6-3-7-11-16)18(21)22-13-17(20)19-12-15-8-4-2-5-9-15/h2-11,14H,12-13H2,1H3,(H,19,20)/t14-/m1/s1. The van der Waals surface area contributed by atoms with Crippen LogP contribution in [0.4, 0.5) is 0 Å². The fourth-order valence-corrected chi connectivity index (χ4v) is 2.74. The van der Waals surface area contributed by atoms with Crippen LogP contribution in [-0.2, 0) is 20.9 Å². The molecular formula is C18H19NO3S. The van der Waals surface area contributed by atoms with Crippen molar-refractivity contribution in [1.29, 1.82) is 0 Å². The zero-order chi connectivity index (χ0) is 16.5. The Morgan fingerprint density at radius 1 is 1.04 bits per heavy atom. The number of hydrogen-bond donors (Lipinski definition) is 1. The maximum atomic E-state index is 11.9. The molecule has 0 radical (unpaired) electrons. The van der Waals surface area contributed by atoms with E-state index >= 15 is 0 Å². The van der Waals surface area contributed by atoms with Gasteiger partial charge in [-0.1, -0.05) is 48.5 Å². The lowest BCUT2D eigenvalue weighted by molar-refractivity contribution is -0.147. The number of nitrogens with one attached hydrogen (secondary N) is 1. The van der Waals surface area contributed by atoms with Gasteiger partial charge < -0.3 is 10.1 Å². The third kappa shape index (κ3) is 6.16. The maximum absolute atomic E-state index is 11.9. The second-order valence-electron chi connectivity index (χ2n) is 4.94. The summed E-state index contributed by atoms with van der Waals surface area (Å²) >= 11 is 1.41. The van der Waals surface area contributed by atoms with Crippen LogP contribution in [0, 0.1) is 0 Å². The average molecular weight is 329 g/mol. The Morgan fingerprint density at radius 2 is 1.65 bits per heavy atom. The summed E-state index contributed by atoms with van der Waals surface area (Å²) in [5.41, 5.74) is 1.00. The fraction of sp³-hybridized carbons (Fsp3) is 0.222. The molecule has 2 rings (SSSR count). The first-order valence-corrected chi connectivity index (χ1v) is 8.22. The highest BCUT2D eigenvalue weighted by Gasteiger charge is 2.17. The first kappa shape index (κ1) is 17.1. The van der Waals surface area contributed by atoms with Gasteiger partial charge in [-0.2, -0.15) is 0 Å². The summed E-state index contributed by atoms with van der Waals surface area (Å²) in [5, 5.41) is 2.36. The van der Waals surface area contributed by atoms with Crippen LogP contribution in [0.1, 0.15) is 12.5 Å². The Labute approximate surface area is 140 Å². The molecule has 1 amide bonds. The van der Waals surface area contributed by atoms with Gasteiger partial charge in [0.2, 0.25) is 0 Å². The molecule has 1 atom stereocenters. The van der Waals surface area contributed by atoms with Crippen LogP contribution in [0.5, 0.6) is 0 Å². The molecule has 0 spiro atoms. The van der Waals surface area contributed by atoms with E-state index < -0.39 is 5.97 Å². The molecule has 0 aliphatic carbocycles. The Hall–Kier alpha value is -2.27. The van der Waals surface area contributed by atoms with Gasteiger partial charge in [0.05, 0.1) is 0 Å². The van der Waals surface area contributed by atoms with E-state index in [9.17, 15) is 9.59 Å². The minimum absolute atomic E-state index is 0.259. The molecule has 2 aromatic carbocycles. The predicted molar refractivity (Wildman–Crippen MR) is 91.0 cm³/mol. The molecule has 0 unspecified atom stereocenters. The second kappa shape index (κ2) is 9.00. The second-order valence-corrected chi connectivity index (χ2v) is 6.36. The zero-order valence-electron chi connectivity index (χ0n) is 12.9. The van der Waals surface area contributed by atoms with Crippen molar-refractivity contribution < 1.29 is 14.3 Å². The van der Waals surface area contributed by atoms with Crippen molar-refractivity contribution in [3.05, 3.63) is 66.2 Å². The van der Waals surface area contributed by atoms with Crippen molar-refractivity contribution >= 4 is 23.6 Å². The normalized spacial score (nSPS) is 11.5. The van der Waals surface area contributed by atoms with E-state index in [1.807, 2.05) is 60.7 Å². The molecule has 0 aliphatic heterocycles. The lowest BCUT2D eigenvalue weighted by Gasteiger charge is -2.11. The Bertz CT molecular complexity index is 631. The number of benzene rings is 2. The summed E-state index contributed by atoms with van der Waals surface area (Å²) in [6, 6.07) is 19.2. The van der Waals surface area contributed by atoms with Gasteiger partial charge in [0.25, 0.3) is 5.91 Å². The smallest absolute Gasteiger partial charge is 0.319 e. The predicted octanol–water partition coefficient (Wildman–Crippen LogP) is 3.03. The van der Waals surface area contributed by atoms with E-state index in [1.165, 1.54) is 11.8 Å². The largest absolute Gasteiger partial charge is 0.455 e. The van der Waals surface area contributed by atoms with E-state index in [0.717, 1.165) is 10.5 Å². The van der Waals surface area contributed by atoms with Gasteiger partial charge in [-0.3, -0.25) is 9.59 Å². The zero-order valence-corrected chi connectivity index (χ0v) is 13.7. The van der Waals surface area contributed by atoms with Gasteiger partial charge in [-0.25, -0.2) is 0 Å². The molecule has 0 bridgehead atoms. The number of carbonyl (C=O) groups is 2. The molecule has 23 heavy (non-hydrogen) atoms. The minimum Gasteiger partial charge on any atom is -0.455 e. The topological polar surface area (TPSA) is 55.4 Å². The highest BCUT2D eigenvalue weighted by atomic mass is 32.2. The van der Waals surface area contributed by atoms with Crippen LogP contribution in [-0.4, -0.2) is 23.7 Å². The SMILES string of the molecule is C[C@@H](Sc1ccccc1)C(=O)OCC(=O)NCc1ccccc1. The van der Waals surface area contributed by atoms with Crippen molar-refractivity contribution in [2.24, 2.45) is 0 Å². The number of thioether (sulfide) groups is 1. The summed E-state index contributed by atoms with van der Waals surface area (Å²) in [5.74, 6) is -0.701. The highest BCUT2D eigenvalue weighted by Crippen LogP contribution is 2.23. The minimum atomic E-state index is -0.395. The van der Waals surface area contributed by atoms with Gasteiger partial charge in [-0.05, 0) is 24.6 Å². The third-order valence-corrected chi connectivity index (χ3v) is 4.16. The highest BCUT2D eigenvalue weighted by molar-refractivity contribution is 8.00. The molecule has 0 aromatic heterocycles. The van der Waals surface area contributed by atoms with Crippen molar-refractivity contribution in [1.82, 2.24) is 5.32 Å². The fourth-order valence-electron chi connectivity index (χ4n) is 1.85. The Balaban J connectivity index is 1.70. The molecule has 0 saturated carbocycles. The van der Waals surface area contributed by atoms with Gasteiger partial charge in [0.15, 0.2) is 6.61 Å². The van der Waals surface area contributed by atoms with E-state index in [1.54, 1.807) is 6.92 Å². The van der Waals surface area contributed by atoms with E-state index in [-0.39, 0.29) is 17.8 Å². The Morgan fingerprint density at radius 3 is 2.30 bits per heavy atom. The summed E-state index contributed by atoms with van der Waals surface area (Å²) in [7, 11) is 0. The Kier molecular flexibility index (Phi) is 6.69. The van der Waals surface area contributed by atoms with Crippen LogP contribution >= 0.6 is 11.8 Å². The van der Waals surface area contributed by atoms with Crippen LogP contribution in [0.25, 0.3) is 0 Å². The molecule has 5 heteroatoms. The van der Waals surface area contributed by atoms with Gasteiger partial charge in [0, 0.05) is 11.4 Å². The first-order valence-electron chi connectivity index (χ1n) is 7.34. The number of ether oxygens (including phenoxy) is 1. The summed E-state index contributed by atoms with van der Waals surface area (Å²) in [4.78, 5) is 24.6. The number of esters is 1. The molecule has 2 aromatic rings. The lowest BCUT2D eigenvalue weighted by Crippen LogP contribution is -2.30. The number of rotatable bonds is 7. The van der Waals surface area contributed by atoms with Gasteiger partial charge in [-0.15, -0.1) is 11.8 Å². The van der Waals surface area contributed by atoms with E-state index in [2.05, 4.69) is 5.32 Å². The number of carbonyl (C=O) groups excluding carboxylic acids is 2.